The van der Waals surface area contributed by atoms with Gasteiger partial charge in [-0.1, -0.05) is 12.1 Å². The maximum atomic E-state index is 13.8. The molecule has 2 unspecified atom stereocenters. The Morgan fingerprint density at radius 2 is 1.88 bits per heavy atom. The topological polar surface area (TPSA) is 58.4 Å². The third-order valence-electron chi connectivity index (χ3n) is 6.26. The van der Waals surface area contributed by atoms with E-state index in [1.165, 1.54) is 4.90 Å². The van der Waals surface area contributed by atoms with Crippen LogP contribution in [0.5, 0.6) is 0 Å². The van der Waals surface area contributed by atoms with Gasteiger partial charge in [0.05, 0.1) is 24.7 Å². The number of carbonyl (C=O) groups excluding carboxylic acids is 1. The third kappa shape index (κ3) is 4.66. The fourth-order valence-corrected chi connectivity index (χ4v) is 4.60. The number of rotatable bonds is 6. The quantitative estimate of drug-likeness (QED) is 0.558. The summed E-state index contributed by atoms with van der Waals surface area (Å²) in [5.74, 6) is -4.75. The van der Waals surface area contributed by atoms with E-state index in [2.05, 4.69) is 4.98 Å². The lowest BCUT2D eigenvalue weighted by atomic mass is 9.88. The van der Waals surface area contributed by atoms with Crippen LogP contribution >= 0.6 is 0 Å². The van der Waals surface area contributed by atoms with Crippen molar-refractivity contribution in [2.24, 2.45) is 5.92 Å². The Labute approximate surface area is 190 Å². The first-order valence-electron chi connectivity index (χ1n) is 10.9. The fourth-order valence-electron chi connectivity index (χ4n) is 4.60. The molecule has 1 saturated heterocycles. The smallest absolute Gasteiger partial charge is 0.226 e. The normalized spacial score (nSPS) is 17.5. The molecular weight excluding hydrogens is 431 g/mol. The second kappa shape index (κ2) is 9.39. The lowest BCUT2D eigenvalue weighted by Gasteiger charge is -2.37. The van der Waals surface area contributed by atoms with Gasteiger partial charge >= 0.3 is 0 Å². The molecule has 0 aliphatic carbocycles. The molecule has 5 nitrogen and oxygen atoms in total. The maximum absolute atomic E-state index is 13.8. The van der Waals surface area contributed by atoms with Crippen molar-refractivity contribution in [3.05, 3.63) is 82.7 Å². The summed E-state index contributed by atoms with van der Waals surface area (Å²) in [4.78, 5) is 19.0. The number of imidazole rings is 1. The number of aliphatic hydroxyl groups excluding tert-OH is 1. The summed E-state index contributed by atoms with van der Waals surface area (Å²) in [7, 11) is 0. The molecule has 1 aliphatic heterocycles. The van der Waals surface area contributed by atoms with E-state index in [0.29, 0.717) is 25.8 Å². The largest absolute Gasteiger partial charge is 0.394 e. The van der Waals surface area contributed by atoms with Gasteiger partial charge < -0.3 is 14.6 Å². The maximum Gasteiger partial charge on any atom is 0.226 e. The lowest BCUT2D eigenvalue weighted by Crippen LogP contribution is -2.45. The molecule has 8 heteroatoms. The molecule has 1 amide bonds. The van der Waals surface area contributed by atoms with Crippen molar-refractivity contribution in [3.8, 4) is 5.69 Å². The Bertz CT molecular complexity index is 1150. The number of likely N-dealkylation sites (tertiary alicyclic amines) is 1. The molecule has 0 bridgehead atoms. The van der Waals surface area contributed by atoms with Crippen LogP contribution in [0.2, 0.25) is 0 Å². The Balaban J connectivity index is 1.53. The van der Waals surface area contributed by atoms with Crippen LogP contribution in [0.4, 0.5) is 13.2 Å². The predicted octanol–water partition coefficient (Wildman–Crippen LogP) is 4.42. The van der Waals surface area contributed by atoms with E-state index in [4.69, 9.17) is 0 Å². The summed E-state index contributed by atoms with van der Waals surface area (Å²) < 4.78 is 42.8. The first kappa shape index (κ1) is 23.0. The number of carbonyl (C=O) groups is 1. The van der Waals surface area contributed by atoms with Crippen LogP contribution in [-0.2, 0) is 11.2 Å². The number of hydrogen-bond donors (Lipinski definition) is 1. The van der Waals surface area contributed by atoms with Crippen molar-refractivity contribution in [2.45, 2.75) is 39.2 Å². The molecule has 0 spiro atoms. The van der Waals surface area contributed by atoms with Crippen LogP contribution in [-0.4, -0.2) is 38.6 Å². The number of amides is 1. The van der Waals surface area contributed by atoms with Gasteiger partial charge in [-0.3, -0.25) is 4.79 Å². The summed E-state index contributed by atoms with van der Waals surface area (Å²) in [5.41, 5.74) is 4.03. The van der Waals surface area contributed by atoms with Crippen molar-refractivity contribution in [1.29, 1.82) is 0 Å². The van der Waals surface area contributed by atoms with Crippen LogP contribution < -0.4 is 0 Å². The second-order valence-corrected chi connectivity index (χ2v) is 8.61. The van der Waals surface area contributed by atoms with Gasteiger partial charge in [0.15, 0.2) is 17.5 Å². The van der Waals surface area contributed by atoms with Gasteiger partial charge in [0.2, 0.25) is 5.91 Å². The molecule has 1 aliphatic rings. The second-order valence-electron chi connectivity index (χ2n) is 8.61. The highest BCUT2D eigenvalue weighted by Gasteiger charge is 2.34. The molecular formula is C25H26F3N3O2. The van der Waals surface area contributed by atoms with E-state index < -0.39 is 30.1 Å². The molecule has 33 heavy (non-hydrogen) atoms. The number of halogens is 3. The van der Waals surface area contributed by atoms with Gasteiger partial charge in [-0.2, -0.15) is 0 Å². The van der Waals surface area contributed by atoms with Gasteiger partial charge in [0, 0.05) is 24.3 Å². The van der Waals surface area contributed by atoms with Crippen molar-refractivity contribution < 1.29 is 23.1 Å². The van der Waals surface area contributed by atoms with E-state index in [1.807, 2.05) is 42.8 Å². The monoisotopic (exact) mass is 457 g/mol. The van der Waals surface area contributed by atoms with Crippen LogP contribution in [0.1, 0.15) is 41.3 Å². The number of benzene rings is 2. The molecule has 3 aromatic rings. The highest BCUT2D eigenvalue weighted by atomic mass is 19.2. The average molecular weight is 457 g/mol. The number of aryl methyl sites for hydroxylation is 2. The zero-order chi connectivity index (χ0) is 23.7. The summed E-state index contributed by atoms with van der Waals surface area (Å²) in [6.07, 6.45) is 5.60. The molecule has 2 atom stereocenters. The highest BCUT2D eigenvalue weighted by Crippen LogP contribution is 2.31. The van der Waals surface area contributed by atoms with Crippen LogP contribution in [0.25, 0.3) is 5.69 Å². The number of aliphatic hydroxyl groups is 1. The van der Waals surface area contributed by atoms with E-state index in [1.54, 1.807) is 6.33 Å². The van der Waals surface area contributed by atoms with Gasteiger partial charge in [-0.25, -0.2) is 18.2 Å². The Morgan fingerprint density at radius 1 is 1.15 bits per heavy atom. The van der Waals surface area contributed by atoms with E-state index in [-0.39, 0.29) is 17.4 Å². The van der Waals surface area contributed by atoms with Crippen molar-refractivity contribution >= 4 is 5.91 Å². The molecule has 1 N–H and O–H groups in total. The minimum atomic E-state index is -1.57. The Morgan fingerprint density at radius 3 is 2.48 bits per heavy atom. The zero-order valence-corrected chi connectivity index (χ0v) is 18.6. The summed E-state index contributed by atoms with van der Waals surface area (Å²) in [6.45, 7) is 3.78. The van der Waals surface area contributed by atoms with Crippen LogP contribution in [0, 0.1) is 37.2 Å². The minimum Gasteiger partial charge on any atom is -0.394 e. The summed E-state index contributed by atoms with van der Waals surface area (Å²) in [6, 6.07) is 6.78. The summed E-state index contributed by atoms with van der Waals surface area (Å²) >= 11 is 0. The number of aromatic nitrogens is 2. The van der Waals surface area contributed by atoms with Gasteiger partial charge in [0.1, 0.15) is 0 Å². The fraction of sp³-hybridized carbons (Fsp3) is 0.360. The number of nitrogens with zero attached hydrogens (tertiary/aromatic N) is 3. The molecule has 0 radical (unpaired) electrons. The van der Waals surface area contributed by atoms with Crippen LogP contribution in [0.3, 0.4) is 0 Å². The first-order valence-corrected chi connectivity index (χ1v) is 10.9. The summed E-state index contributed by atoms with van der Waals surface area (Å²) in [5, 5.41) is 9.91. The third-order valence-corrected chi connectivity index (χ3v) is 6.26. The number of hydrogen-bond acceptors (Lipinski definition) is 3. The highest BCUT2D eigenvalue weighted by molar-refractivity contribution is 5.80. The molecule has 1 aromatic heterocycles. The molecule has 4 rings (SSSR count). The zero-order valence-electron chi connectivity index (χ0n) is 18.6. The lowest BCUT2D eigenvalue weighted by molar-refractivity contribution is -0.142. The Kier molecular flexibility index (Phi) is 6.56. The standard InChI is InChI=1S/C25H26F3N3O2/c1-15-8-17(5-6-22(15)30-12-16(2)29-14-30)9-18-4-3-7-31(25(18)33)23(13-32)19-10-20(26)24(28)21(27)11-19/h5-6,8,10-12,14,18,23,32H,3-4,7,9,13H2,1-2H3. The molecule has 0 saturated carbocycles. The molecule has 174 valence electrons. The van der Waals surface area contributed by atoms with E-state index >= 15 is 0 Å². The van der Waals surface area contributed by atoms with E-state index in [9.17, 15) is 23.1 Å². The number of piperidine rings is 1. The van der Waals surface area contributed by atoms with Gasteiger partial charge in [-0.05, 0) is 68.0 Å². The molecule has 2 heterocycles. The van der Waals surface area contributed by atoms with Gasteiger partial charge in [-0.15, -0.1) is 0 Å². The Hall–Kier alpha value is -3.13. The molecule has 2 aromatic carbocycles. The van der Waals surface area contributed by atoms with E-state index in [0.717, 1.165) is 34.6 Å². The minimum absolute atomic E-state index is 0.0405. The van der Waals surface area contributed by atoms with Crippen molar-refractivity contribution in [2.75, 3.05) is 13.2 Å². The molecule has 1 fully saturated rings. The first-order chi connectivity index (χ1) is 15.8. The average Bonchev–Trinajstić information content (AvgIpc) is 3.21. The predicted molar refractivity (Wildman–Crippen MR) is 117 cm³/mol. The van der Waals surface area contributed by atoms with Crippen LogP contribution in [0.15, 0.2) is 42.9 Å². The van der Waals surface area contributed by atoms with Gasteiger partial charge in [0.25, 0.3) is 0 Å². The van der Waals surface area contributed by atoms with Crippen molar-refractivity contribution in [3.63, 3.8) is 0 Å². The SMILES string of the molecule is Cc1cn(-c2ccc(CC3CCCN(C(CO)c4cc(F)c(F)c(F)c4)C3=O)cc2C)cn1. The van der Waals surface area contributed by atoms with Crippen molar-refractivity contribution in [1.82, 2.24) is 14.5 Å².